The normalized spacial score (nSPS) is 11.4. The Morgan fingerprint density at radius 1 is 0.741 bits per heavy atom. The number of carbonyl (C=O) groups is 2. The van der Waals surface area contributed by atoms with Gasteiger partial charge in [-0.15, -0.1) is 0 Å². The topological polar surface area (TPSA) is 80.3 Å². The summed E-state index contributed by atoms with van der Waals surface area (Å²) in [4.78, 5) is 22.1. The van der Waals surface area contributed by atoms with Crippen LogP contribution in [0.5, 0.6) is 0 Å². The van der Waals surface area contributed by atoms with Crippen molar-refractivity contribution in [3.63, 3.8) is 0 Å². The van der Waals surface area contributed by atoms with Crippen molar-refractivity contribution in [2.75, 3.05) is 13.2 Å². The molecule has 0 aromatic heterocycles. The molecule has 0 aliphatic carbocycles. The number of carbonyl (C=O) groups excluding carboxylic acids is 2. The van der Waals surface area contributed by atoms with Crippen LogP contribution in [0.15, 0.2) is 25.7 Å². The van der Waals surface area contributed by atoms with Gasteiger partial charge >= 0.3 is 12.3 Å². The van der Waals surface area contributed by atoms with E-state index in [1.807, 2.05) is 0 Å². The molecule has 0 N–H and O–H groups in total. The third-order valence-corrected chi connectivity index (χ3v) is 11.2. The van der Waals surface area contributed by atoms with Gasteiger partial charge in [0.2, 0.25) is 0 Å². The summed E-state index contributed by atoms with van der Waals surface area (Å²) in [7, 11) is -3.54. The summed E-state index contributed by atoms with van der Waals surface area (Å²) in [6.45, 7) is 16.2. The van der Waals surface area contributed by atoms with E-state index in [-0.39, 0.29) is 0 Å². The lowest BCUT2D eigenvalue weighted by molar-refractivity contribution is 0.0828. The molecule has 9 heteroatoms. The smallest absolute Gasteiger partial charge is 0.455 e. The molecular formula is C18H34O7Si2. The maximum Gasteiger partial charge on any atom is 0.513 e. The summed E-state index contributed by atoms with van der Waals surface area (Å²) in [5.41, 5.74) is 0. The number of rotatable bonds is 14. The van der Waals surface area contributed by atoms with Crippen molar-refractivity contribution >= 4 is 28.9 Å². The Morgan fingerprint density at radius 2 is 1.11 bits per heavy atom. The van der Waals surface area contributed by atoms with Crippen molar-refractivity contribution in [2.45, 2.75) is 64.0 Å². The Balaban J connectivity index is 3.96. The van der Waals surface area contributed by atoms with Crippen molar-refractivity contribution in [3.8, 4) is 0 Å². The van der Waals surface area contributed by atoms with Gasteiger partial charge in [0.05, 0.1) is 25.7 Å². The quantitative estimate of drug-likeness (QED) is 0.158. The zero-order chi connectivity index (χ0) is 20.8. The summed E-state index contributed by atoms with van der Waals surface area (Å²) in [6, 6.07) is 2.03. The molecule has 0 bridgehead atoms. The SMILES string of the molecule is C=COC(=O)OCCCC[Si](C)(C)O[Si](C)(C)CCCCOC(=O)OC=C. The Morgan fingerprint density at radius 3 is 1.44 bits per heavy atom. The van der Waals surface area contributed by atoms with Crippen molar-refractivity contribution in [2.24, 2.45) is 0 Å². The van der Waals surface area contributed by atoms with E-state index >= 15 is 0 Å². The Kier molecular flexibility index (Phi) is 12.8. The van der Waals surface area contributed by atoms with E-state index in [1.165, 1.54) is 0 Å². The Hall–Kier alpha value is -1.59. The highest BCUT2D eigenvalue weighted by Gasteiger charge is 2.32. The fourth-order valence-corrected chi connectivity index (χ4v) is 11.7. The first-order valence-electron chi connectivity index (χ1n) is 9.21. The van der Waals surface area contributed by atoms with Gasteiger partial charge in [-0.25, -0.2) is 9.59 Å². The van der Waals surface area contributed by atoms with Crippen molar-refractivity contribution in [1.29, 1.82) is 0 Å². The second kappa shape index (κ2) is 13.6. The van der Waals surface area contributed by atoms with E-state index in [1.54, 1.807) is 0 Å². The van der Waals surface area contributed by atoms with Gasteiger partial charge in [0.1, 0.15) is 0 Å². The molecule has 0 amide bonds. The minimum absolute atomic E-state index is 0.340. The molecule has 0 atom stereocenters. The van der Waals surface area contributed by atoms with Gasteiger partial charge in [0.15, 0.2) is 16.6 Å². The molecule has 156 valence electrons. The number of hydrogen-bond donors (Lipinski definition) is 0. The van der Waals surface area contributed by atoms with E-state index < -0.39 is 28.9 Å². The fraction of sp³-hybridized carbons (Fsp3) is 0.667. The first kappa shape index (κ1) is 25.4. The third kappa shape index (κ3) is 15.2. The molecule has 0 unspecified atom stereocenters. The van der Waals surface area contributed by atoms with E-state index in [0.717, 1.165) is 50.3 Å². The van der Waals surface area contributed by atoms with Crippen LogP contribution in [0.1, 0.15) is 25.7 Å². The molecule has 0 aromatic rings. The van der Waals surface area contributed by atoms with Crippen LogP contribution in [0.3, 0.4) is 0 Å². The van der Waals surface area contributed by atoms with Gasteiger partial charge in [-0.2, -0.15) is 0 Å². The molecule has 0 aromatic carbocycles. The zero-order valence-corrected chi connectivity index (χ0v) is 19.1. The molecule has 0 saturated heterocycles. The first-order chi connectivity index (χ1) is 12.6. The van der Waals surface area contributed by atoms with E-state index in [0.29, 0.717) is 13.2 Å². The van der Waals surface area contributed by atoms with Crippen LogP contribution >= 0.6 is 0 Å². The lowest BCUT2D eigenvalue weighted by Crippen LogP contribution is -2.44. The lowest BCUT2D eigenvalue weighted by atomic mass is 10.4. The van der Waals surface area contributed by atoms with Crippen LogP contribution in [-0.2, 0) is 23.1 Å². The Bertz CT molecular complexity index is 436. The molecule has 0 aliphatic rings. The third-order valence-electron chi connectivity index (χ3n) is 3.70. The number of hydrogen-bond acceptors (Lipinski definition) is 7. The molecule has 0 aliphatic heterocycles. The molecule has 7 nitrogen and oxygen atoms in total. The summed E-state index contributed by atoms with van der Waals surface area (Å²) < 4.78 is 25.3. The average molecular weight is 419 g/mol. The van der Waals surface area contributed by atoms with Crippen molar-refractivity contribution < 1.29 is 32.7 Å². The highest BCUT2D eigenvalue weighted by atomic mass is 28.4. The molecule has 0 spiro atoms. The van der Waals surface area contributed by atoms with Gasteiger partial charge in [-0.3, -0.25) is 0 Å². The van der Waals surface area contributed by atoms with E-state index in [4.69, 9.17) is 13.6 Å². The monoisotopic (exact) mass is 418 g/mol. The summed E-state index contributed by atoms with van der Waals surface area (Å²) >= 11 is 0. The largest absolute Gasteiger partial charge is 0.513 e. The fourth-order valence-electron chi connectivity index (χ4n) is 2.67. The minimum Gasteiger partial charge on any atom is -0.455 e. The molecular weight excluding hydrogens is 384 g/mol. The lowest BCUT2D eigenvalue weighted by Gasteiger charge is -2.34. The first-order valence-corrected chi connectivity index (χ1v) is 15.4. The minimum atomic E-state index is -1.77. The second-order valence-corrected chi connectivity index (χ2v) is 16.2. The van der Waals surface area contributed by atoms with Crippen LogP contribution in [0.25, 0.3) is 0 Å². The van der Waals surface area contributed by atoms with Crippen LogP contribution in [0.2, 0.25) is 38.3 Å². The molecule has 0 fully saturated rings. The Labute approximate surface area is 164 Å². The summed E-state index contributed by atoms with van der Waals surface area (Å²) in [5, 5.41) is 0. The summed E-state index contributed by atoms with van der Waals surface area (Å²) in [6.07, 6.45) is 4.14. The van der Waals surface area contributed by atoms with Gasteiger partial charge in [-0.05, 0) is 51.1 Å². The number of ether oxygens (including phenoxy) is 4. The van der Waals surface area contributed by atoms with Crippen molar-refractivity contribution in [3.05, 3.63) is 25.7 Å². The second-order valence-electron chi connectivity index (χ2n) is 7.30. The number of unbranched alkanes of at least 4 members (excludes halogenated alkanes) is 2. The highest BCUT2D eigenvalue weighted by Crippen LogP contribution is 2.24. The highest BCUT2D eigenvalue weighted by molar-refractivity contribution is 6.84. The molecule has 0 heterocycles. The van der Waals surface area contributed by atoms with Crippen LogP contribution in [-0.4, -0.2) is 42.2 Å². The molecule has 0 saturated carbocycles. The van der Waals surface area contributed by atoms with Gasteiger partial charge in [0.25, 0.3) is 0 Å². The molecule has 0 rings (SSSR count). The average Bonchev–Trinajstić information content (AvgIpc) is 2.53. The van der Waals surface area contributed by atoms with Crippen LogP contribution in [0.4, 0.5) is 9.59 Å². The van der Waals surface area contributed by atoms with Gasteiger partial charge < -0.3 is 23.1 Å². The van der Waals surface area contributed by atoms with Gasteiger partial charge in [-0.1, -0.05) is 26.0 Å². The van der Waals surface area contributed by atoms with Crippen LogP contribution in [0, 0.1) is 0 Å². The molecule has 27 heavy (non-hydrogen) atoms. The standard InChI is InChI=1S/C18H34O7Si2/c1-7-21-17(19)23-13-9-11-15-26(3,4)25-27(5,6)16-12-10-14-24-18(20)22-8-2/h7-8H,1-2,9-16H2,3-6H3. The van der Waals surface area contributed by atoms with Crippen LogP contribution < -0.4 is 0 Å². The van der Waals surface area contributed by atoms with E-state index in [2.05, 4.69) is 48.8 Å². The maximum atomic E-state index is 11.0. The predicted molar refractivity (Wildman–Crippen MR) is 109 cm³/mol. The van der Waals surface area contributed by atoms with Crippen molar-refractivity contribution in [1.82, 2.24) is 0 Å². The zero-order valence-electron chi connectivity index (χ0n) is 17.1. The summed E-state index contributed by atoms with van der Waals surface area (Å²) in [5.74, 6) is 0. The van der Waals surface area contributed by atoms with E-state index in [9.17, 15) is 9.59 Å². The predicted octanol–water partition coefficient (Wildman–Crippen LogP) is 5.57. The maximum absolute atomic E-state index is 11.0. The molecule has 0 radical (unpaired) electrons. The van der Waals surface area contributed by atoms with Gasteiger partial charge in [0, 0.05) is 0 Å².